The highest BCUT2D eigenvalue weighted by Gasteiger charge is 2.26. The molecule has 0 spiro atoms. The van der Waals surface area contributed by atoms with Crippen molar-refractivity contribution in [2.24, 2.45) is 5.92 Å². The molecule has 4 rings (SSSR count). The van der Waals surface area contributed by atoms with E-state index in [9.17, 15) is 0 Å². The molecule has 0 unspecified atom stereocenters. The predicted molar refractivity (Wildman–Crippen MR) is 102 cm³/mol. The van der Waals surface area contributed by atoms with Crippen LogP contribution in [-0.2, 0) is 6.54 Å². The third-order valence-corrected chi connectivity index (χ3v) is 6.02. The van der Waals surface area contributed by atoms with Crippen LogP contribution in [0.25, 0.3) is 10.8 Å². The summed E-state index contributed by atoms with van der Waals surface area (Å²) in [5.74, 6) is 0.911. The molecule has 0 radical (unpaired) electrons. The van der Waals surface area contributed by atoms with Crippen molar-refractivity contribution in [2.75, 3.05) is 19.6 Å². The zero-order valence-corrected chi connectivity index (χ0v) is 14.7. The van der Waals surface area contributed by atoms with E-state index < -0.39 is 0 Å². The molecule has 0 aromatic heterocycles. The van der Waals surface area contributed by atoms with Gasteiger partial charge in [-0.1, -0.05) is 61.7 Å². The van der Waals surface area contributed by atoms with E-state index in [2.05, 4.69) is 52.7 Å². The van der Waals surface area contributed by atoms with Crippen molar-refractivity contribution in [2.45, 2.75) is 51.1 Å². The van der Waals surface area contributed by atoms with Gasteiger partial charge in [0.25, 0.3) is 0 Å². The van der Waals surface area contributed by atoms with Gasteiger partial charge in [-0.2, -0.15) is 0 Å². The van der Waals surface area contributed by atoms with Crippen LogP contribution in [0.3, 0.4) is 0 Å². The first-order valence-corrected chi connectivity index (χ1v) is 9.81. The van der Waals surface area contributed by atoms with Crippen molar-refractivity contribution < 1.29 is 0 Å². The third-order valence-electron chi connectivity index (χ3n) is 6.02. The Morgan fingerprint density at radius 1 is 0.917 bits per heavy atom. The second-order valence-corrected chi connectivity index (χ2v) is 7.72. The maximum Gasteiger partial charge on any atom is 0.0243 e. The molecule has 1 saturated heterocycles. The normalized spacial score (nSPS) is 22.5. The summed E-state index contributed by atoms with van der Waals surface area (Å²) in [4.78, 5) is 2.79. The summed E-state index contributed by atoms with van der Waals surface area (Å²) >= 11 is 0. The highest BCUT2D eigenvalue weighted by molar-refractivity contribution is 5.85. The van der Waals surface area contributed by atoms with E-state index in [0.717, 1.165) is 19.0 Å². The van der Waals surface area contributed by atoms with Crippen LogP contribution in [0.1, 0.15) is 44.1 Å². The zero-order chi connectivity index (χ0) is 16.2. The lowest BCUT2D eigenvalue weighted by Gasteiger charge is -2.34. The fourth-order valence-electron chi connectivity index (χ4n) is 4.64. The fourth-order valence-corrected chi connectivity index (χ4v) is 4.64. The smallest absolute Gasteiger partial charge is 0.0243 e. The van der Waals surface area contributed by atoms with Gasteiger partial charge in [0, 0.05) is 25.7 Å². The number of nitrogens with zero attached hydrogens (tertiary/aromatic N) is 1. The molecule has 1 aliphatic heterocycles. The van der Waals surface area contributed by atoms with Crippen LogP contribution in [0.2, 0.25) is 0 Å². The molecule has 1 atom stereocenters. The second-order valence-electron chi connectivity index (χ2n) is 7.72. The standard InChI is InChI=1S/C22H30N2/c1-2-7-18(8-3-1)16-24(21-13-14-23-15-21)17-20-11-6-10-19-9-4-5-12-22(19)20/h4-6,9-12,18,21,23H,1-3,7-8,13-17H2/t21-/m0/s1. The summed E-state index contributed by atoms with van der Waals surface area (Å²) in [5.41, 5.74) is 1.50. The molecule has 128 valence electrons. The zero-order valence-electron chi connectivity index (χ0n) is 14.7. The highest BCUT2D eigenvalue weighted by atomic mass is 15.2. The molecule has 2 aliphatic rings. The predicted octanol–water partition coefficient (Wildman–Crippen LogP) is 4.58. The van der Waals surface area contributed by atoms with Crippen molar-refractivity contribution in [3.8, 4) is 0 Å². The number of benzene rings is 2. The molecular formula is C22H30N2. The Balaban J connectivity index is 1.55. The minimum absolute atomic E-state index is 0.714. The molecule has 1 N–H and O–H groups in total. The van der Waals surface area contributed by atoms with Gasteiger partial charge in [-0.15, -0.1) is 0 Å². The monoisotopic (exact) mass is 322 g/mol. The molecule has 24 heavy (non-hydrogen) atoms. The number of fused-ring (bicyclic) bond motifs is 1. The first-order valence-electron chi connectivity index (χ1n) is 9.81. The second kappa shape index (κ2) is 7.67. The topological polar surface area (TPSA) is 15.3 Å². The molecule has 0 amide bonds. The Morgan fingerprint density at radius 2 is 1.75 bits per heavy atom. The van der Waals surface area contributed by atoms with Crippen LogP contribution < -0.4 is 5.32 Å². The Labute approximate surface area is 146 Å². The Kier molecular flexibility index (Phi) is 5.15. The quantitative estimate of drug-likeness (QED) is 0.866. The van der Waals surface area contributed by atoms with Crippen molar-refractivity contribution in [3.05, 3.63) is 48.0 Å². The van der Waals surface area contributed by atoms with E-state index in [1.165, 1.54) is 68.0 Å². The van der Waals surface area contributed by atoms with Crippen molar-refractivity contribution >= 4 is 10.8 Å². The third kappa shape index (κ3) is 3.65. The van der Waals surface area contributed by atoms with Crippen LogP contribution in [0.15, 0.2) is 42.5 Å². The Bertz CT molecular complexity index is 649. The largest absolute Gasteiger partial charge is 0.315 e. The first kappa shape index (κ1) is 16.1. The molecule has 2 aromatic rings. The number of hydrogen-bond acceptors (Lipinski definition) is 2. The van der Waals surface area contributed by atoms with Crippen molar-refractivity contribution in [1.29, 1.82) is 0 Å². The SMILES string of the molecule is c1ccc2c(CN(CC3CCCCC3)[C@H]3CCNC3)cccc2c1. The molecule has 2 nitrogen and oxygen atoms in total. The maximum atomic E-state index is 3.57. The average Bonchev–Trinajstić information content (AvgIpc) is 3.17. The summed E-state index contributed by atoms with van der Waals surface area (Å²) in [5, 5.41) is 6.37. The van der Waals surface area contributed by atoms with Crippen LogP contribution in [-0.4, -0.2) is 30.6 Å². The van der Waals surface area contributed by atoms with Gasteiger partial charge in [0.1, 0.15) is 0 Å². The lowest BCUT2D eigenvalue weighted by Crippen LogP contribution is -2.40. The van der Waals surface area contributed by atoms with Crippen molar-refractivity contribution in [1.82, 2.24) is 10.2 Å². The molecule has 2 fully saturated rings. The van der Waals surface area contributed by atoms with Gasteiger partial charge >= 0.3 is 0 Å². The van der Waals surface area contributed by atoms with E-state index in [1.54, 1.807) is 0 Å². The summed E-state index contributed by atoms with van der Waals surface area (Å²) in [6, 6.07) is 16.4. The molecule has 2 heteroatoms. The molecule has 1 heterocycles. The maximum absolute atomic E-state index is 3.57. The van der Waals surface area contributed by atoms with E-state index in [0.29, 0.717) is 6.04 Å². The van der Waals surface area contributed by atoms with Gasteiger partial charge in [0.2, 0.25) is 0 Å². The van der Waals surface area contributed by atoms with Gasteiger partial charge < -0.3 is 5.32 Å². The first-order chi connectivity index (χ1) is 11.9. The number of rotatable bonds is 5. The number of nitrogens with one attached hydrogen (secondary N) is 1. The minimum atomic E-state index is 0.714. The van der Waals surface area contributed by atoms with Gasteiger partial charge in [-0.05, 0) is 48.1 Å². The summed E-state index contributed by atoms with van der Waals surface area (Å²) in [6.07, 6.45) is 8.51. The van der Waals surface area contributed by atoms with Gasteiger partial charge in [-0.25, -0.2) is 0 Å². The van der Waals surface area contributed by atoms with Crippen LogP contribution in [0.4, 0.5) is 0 Å². The fraction of sp³-hybridized carbons (Fsp3) is 0.545. The molecular weight excluding hydrogens is 292 g/mol. The summed E-state index contributed by atoms with van der Waals surface area (Å²) in [7, 11) is 0. The van der Waals surface area contributed by atoms with E-state index in [-0.39, 0.29) is 0 Å². The van der Waals surface area contributed by atoms with Crippen LogP contribution in [0, 0.1) is 5.92 Å². The van der Waals surface area contributed by atoms with Crippen LogP contribution >= 0.6 is 0 Å². The van der Waals surface area contributed by atoms with Gasteiger partial charge in [-0.3, -0.25) is 4.90 Å². The average molecular weight is 322 g/mol. The highest BCUT2D eigenvalue weighted by Crippen LogP contribution is 2.28. The van der Waals surface area contributed by atoms with E-state index >= 15 is 0 Å². The molecule has 2 aromatic carbocycles. The van der Waals surface area contributed by atoms with E-state index in [1.807, 2.05) is 0 Å². The lowest BCUT2D eigenvalue weighted by molar-refractivity contribution is 0.149. The van der Waals surface area contributed by atoms with Gasteiger partial charge in [0.05, 0.1) is 0 Å². The number of hydrogen-bond donors (Lipinski definition) is 1. The minimum Gasteiger partial charge on any atom is -0.315 e. The van der Waals surface area contributed by atoms with Crippen LogP contribution in [0.5, 0.6) is 0 Å². The Morgan fingerprint density at radius 3 is 2.58 bits per heavy atom. The Hall–Kier alpha value is -1.38. The molecule has 1 aliphatic carbocycles. The van der Waals surface area contributed by atoms with Crippen molar-refractivity contribution in [3.63, 3.8) is 0 Å². The molecule has 0 bridgehead atoms. The summed E-state index contributed by atoms with van der Waals surface area (Å²) in [6.45, 7) is 4.73. The van der Waals surface area contributed by atoms with E-state index in [4.69, 9.17) is 0 Å². The summed E-state index contributed by atoms with van der Waals surface area (Å²) < 4.78 is 0. The van der Waals surface area contributed by atoms with Gasteiger partial charge in [0.15, 0.2) is 0 Å². The lowest BCUT2D eigenvalue weighted by atomic mass is 9.88. The molecule has 1 saturated carbocycles.